The van der Waals surface area contributed by atoms with Gasteiger partial charge >= 0.3 is 5.97 Å². The van der Waals surface area contributed by atoms with Gasteiger partial charge in [0, 0.05) is 24.0 Å². The summed E-state index contributed by atoms with van der Waals surface area (Å²) in [5.41, 5.74) is 8.11. The number of esters is 1. The van der Waals surface area contributed by atoms with Crippen molar-refractivity contribution in [2.45, 2.75) is 78.7 Å². The van der Waals surface area contributed by atoms with Crippen LogP contribution in [-0.2, 0) is 35.7 Å². The van der Waals surface area contributed by atoms with Gasteiger partial charge in [-0.25, -0.2) is 4.79 Å². The lowest BCUT2D eigenvalue weighted by molar-refractivity contribution is -0.141. The normalized spacial score (nSPS) is 25.5. The fraction of sp³-hybridized carbons (Fsp3) is 0.483. The number of nitrogens with two attached hydrogens (primary N) is 1. The molecule has 0 bridgehead atoms. The predicted molar refractivity (Wildman–Crippen MR) is 137 cm³/mol. The minimum atomic E-state index is -1.72. The molecule has 190 valence electrons. The molecule has 7 heteroatoms. The van der Waals surface area contributed by atoms with Gasteiger partial charge in [-0.05, 0) is 56.7 Å². The summed E-state index contributed by atoms with van der Waals surface area (Å²) in [5.74, 6) is -1.12. The van der Waals surface area contributed by atoms with Gasteiger partial charge in [-0.2, -0.15) is 0 Å². The van der Waals surface area contributed by atoms with Crippen molar-refractivity contribution in [1.82, 2.24) is 0 Å². The average molecular weight is 491 g/mol. The monoisotopic (exact) mass is 490 g/mol. The van der Waals surface area contributed by atoms with E-state index in [9.17, 15) is 14.4 Å². The van der Waals surface area contributed by atoms with E-state index in [2.05, 4.69) is 12.1 Å². The Morgan fingerprint density at radius 3 is 2.47 bits per heavy atom. The third kappa shape index (κ3) is 3.01. The molecule has 0 saturated heterocycles. The Balaban J connectivity index is 1.96. The quantitative estimate of drug-likeness (QED) is 0.629. The first kappa shape index (κ1) is 24.3. The molecule has 0 unspecified atom stereocenters. The van der Waals surface area contributed by atoms with E-state index >= 15 is 0 Å². The van der Waals surface area contributed by atoms with Gasteiger partial charge in [0.2, 0.25) is 11.8 Å². The lowest BCUT2D eigenvalue weighted by Gasteiger charge is -2.43. The minimum absolute atomic E-state index is 0.0930. The van der Waals surface area contributed by atoms with E-state index in [-0.39, 0.29) is 47.2 Å². The van der Waals surface area contributed by atoms with E-state index in [0.717, 1.165) is 28.8 Å². The Kier molecular flexibility index (Phi) is 5.12. The number of nitrogens with zero attached hydrogens (tertiary/aromatic N) is 1. The van der Waals surface area contributed by atoms with Gasteiger partial charge in [0.05, 0.1) is 23.4 Å². The number of carbonyl (C=O) groups excluding carboxylic acids is 3. The number of hydrogen-bond acceptors (Lipinski definition) is 6. The second kappa shape index (κ2) is 7.58. The number of amides is 1. The van der Waals surface area contributed by atoms with Gasteiger partial charge in [0.25, 0.3) is 0 Å². The standard InChI is InChI=1S/C29H34N2O5/c1-8-16-10-17-15(3)12-28(6,7)31-23(17)18(11-16)29(26(31)34)21-19(32)13-27(4,5)14-20(21)36-24(30)22(29)25(33)35-9-2/h10-12H,8-9,13-14,30H2,1-7H3/t29-/m0/s1. The van der Waals surface area contributed by atoms with E-state index in [4.69, 9.17) is 15.2 Å². The molecular formula is C29H34N2O5. The molecule has 2 N–H and O–H groups in total. The number of anilines is 1. The third-order valence-corrected chi connectivity index (χ3v) is 7.85. The molecule has 3 aliphatic heterocycles. The zero-order chi connectivity index (χ0) is 26.4. The molecule has 1 amide bonds. The lowest BCUT2D eigenvalue weighted by atomic mass is 9.61. The molecular weight excluding hydrogens is 456 g/mol. The number of rotatable bonds is 3. The highest BCUT2D eigenvalue weighted by Crippen LogP contribution is 2.61. The van der Waals surface area contributed by atoms with Crippen molar-refractivity contribution in [2.24, 2.45) is 11.1 Å². The van der Waals surface area contributed by atoms with Gasteiger partial charge in [0.1, 0.15) is 16.7 Å². The molecule has 1 aliphatic carbocycles. The van der Waals surface area contributed by atoms with Crippen LogP contribution in [0.3, 0.4) is 0 Å². The van der Waals surface area contributed by atoms with E-state index in [1.807, 2.05) is 47.6 Å². The maximum Gasteiger partial charge on any atom is 0.341 e. The van der Waals surface area contributed by atoms with Gasteiger partial charge in [-0.1, -0.05) is 32.9 Å². The van der Waals surface area contributed by atoms with Gasteiger partial charge < -0.3 is 20.1 Å². The lowest BCUT2D eigenvalue weighted by Crippen LogP contribution is -2.56. The van der Waals surface area contributed by atoms with Crippen molar-refractivity contribution < 1.29 is 23.9 Å². The van der Waals surface area contributed by atoms with E-state index in [1.165, 1.54) is 0 Å². The second-order valence-corrected chi connectivity index (χ2v) is 11.6. The van der Waals surface area contributed by atoms with Crippen LogP contribution in [0.1, 0.15) is 78.0 Å². The number of Topliss-reactive ketones (excluding diaryl/α,β-unsaturated/α-hetero) is 1. The highest BCUT2D eigenvalue weighted by molar-refractivity contribution is 6.25. The number of allylic oxidation sites excluding steroid dienone is 2. The highest BCUT2D eigenvalue weighted by atomic mass is 16.5. The van der Waals surface area contributed by atoms with Gasteiger partial charge in [0.15, 0.2) is 5.78 Å². The molecule has 0 aromatic heterocycles. The smallest absolute Gasteiger partial charge is 0.341 e. The molecule has 36 heavy (non-hydrogen) atoms. The van der Waals surface area contributed by atoms with Crippen LogP contribution < -0.4 is 10.6 Å². The SMILES string of the molecule is CCOC(=O)C1=C(N)OC2=C(C(=O)CC(C)(C)C2)[C@]12C(=O)N1c3c(cc(CC)cc32)C(C)=CC1(C)C. The number of benzene rings is 1. The van der Waals surface area contributed by atoms with Crippen molar-refractivity contribution >= 4 is 28.9 Å². The van der Waals surface area contributed by atoms with E-state index in [1.54, 1.807) is 11.8 Å². The number of fused-ring (bicyclic) bond motifs is 2. The Labute approximate surface area is 212 Å². The van der Waals surface area contributed by atoms with Crippen molar-refractivity contribution in [3.63, 3.8) is 0 Å². The first-order valence-electron chi connectivity index (χ1n) is 12.6. The van der Waals surface area contributed by atoms with Crippen LogP contribution in [-0.4, -0.2) is 29.8 Å². The van der Waals surface area contributed by atoms with Crippen LogP contribution in [0.15, 0.2) is 41.0 Å². The number of ketones is 1. The summed E-state index contributed by atoms with van der Waals surface area (Å²) in [4.78, 5) is 44.1. The Bertz CT molecular complexity index is 1340. The molecule has 1 atom stereocenters. The summed E-state index contributed by atoms with van der Waals surface area (Å²) < 4.78 is 11.4. The first-order chi connectivity index (χ1) is 16.8. The van der Waals surface area contributed by atoms with Crippen LogP contribution in [0.25, 0.3) is 5.57 Å². The van der Waals surface area contributed by atoms with Crippen LogP contribution in [0.4, 0.5) is 5.69 Å². The predicted octanol–water partition coefficient (Wildman–Crippen LogP) is 4.44. The van der Waals surface area contributed by atoms with Crippen LogP contribution >= 0.6 is 0 Å². The zero-order valence-electron chi connectivity index (χ0n) is 22.1. The number of hydrogen-bond donors (Lipinski definition) is 1. The molecule has 0 radical (unpaired) electrons. The van der Waals surface area contributed by atoms with Crippen molar-refractivity contribution in [2.75, 3.05) is 11.5 Å². The minimum Gasteiger partial charge on any atom is -0.462 e. The third-order valence-electron chi connectivity index (χ3n) is 7.85. The largest absolute Gasteiger partial charge is 0.462 e. The topological polar surface area (TPSA) is 98.9 Å². The molecule has 7 nitrogen and oxygen atoms in total. The van der Waals surface area contributed by atoms with Crippen molar-refractivity contribution in [3.05, 3.63) is 57.7 Å². The summed E-state index contributed by atoms with van der Waals surface area (Å²) in [6.45, 7) is 13.8. The summed E-state index contributed by atoms with van der Waals surface area (Å²) >= 11 is 0. The summed E-state index contributed by atoms with van der Waals surface area (Å²) in [6.07, 6.45) is 3.44. The molecule has 1 aromatic rings. The summed E-state index contributed by atoms with van der Waals surface area (Å²) in [5, 5.41) is 0. The molecule has 0 saturated carbocycles. The van der Waals surface area contributed by atoms with Crippen LogP contribution in [0.5, 0.6) is 0 Å². The highest BCUT2D eigenvalue weighted by Gasteiger charge is 2.67. The number of aryl methyl sites for hydroxylation is 1. The maximum absolute atomic E-state index is 14.9. The fourth-order valence-electron chi connectivity index (χ4n) is 6.54. The number of carbonyl (C=O) groups is 3. The molecule has 5 rings (SSSR count). The van der Waals surface area contributed by atoms with Crippen molar-refractivity contribution in [1.29, 1.82) is 0 Å². The zero-order valence-corrected chi connectivity index (χ0v) is 22.1. The van der Waals surface area contributed by atoms with Gasteiger partial charge in [-0.15, -0.1) is 0 Å². The Morgan fingerprint density at radius 1 is 1.14 bits per heavy atom. The molecule has 3 heterocycles. The van der Waals surface area contributed by atoms with Crippen LogP contribution in [0, 0.1) is 5.41 Å². The van der Waals surface area contributed by atoms with Crippen molar-refractivity contribution in [3.8, 4) is 0 Å². The van der Waals surface area contributed by atoms with E-state index < -0.39 is 16.9 Å². The Morgan fingerprint density at radius 2 is 1.83 bits per heavy atom. The maximum atomic E-state index is 14.9. The molecule has 1 aromatic carbocycles. The van der Waals surface area contributed by atoms with Crippen LogP contribution in [0.2, 0.25) is 0 Å². The summed E-state index contributed by atoms with van der Waals surface area (Å²) in [6, 6.07) is 4.05. The molecule has 4 aliphatic rings. The Hall–Kier alpha value is -3.35. The molecule has 1 spiro atoms. The van der Waals surface area contributed by atoms with E-state index in [0.29, 0.717) is 17.7 Å². The second-order valence-electron chi connectivity index (χ2n) is 11.6. The first-order valence-corrected chi connectivity index (χ1v) is 12.6. The average Bonchev–Trinajstić information content (AvgIpc) is 3.00. The summed E-state index contributed by atoms with van der Waals surface area (Å²) in [7, 11) is 0. The molecule has 0 fully saturated rings. The van der Waals surface area contributed by atoms with Gasteiger partial charge in [-0.3, -0.25) is 9.59 Å². The fourth-order valence-corrected chi connectivity index (χ4v) is 6.54. The number of ether oxygens (including phenoxy) is 2.